The van der Waals surface area contributed by atoms with Crippen molar-refractivity contribution in [1.82, 2.24) is 30.3 Å². The fourth-order valence-electron chi connectivity index (χ4n) is 3.45. The van der Waals surface area contributed by atoms with Gasteiger partial charge in [-0.25, -0.2) is 9.67 Å². The normalized spacial score (nSPS) is 14.1. The minimum atomic E-state index is -0.239. The number of aromatic nitrogens is 3. The first-order valence-corrected chi connectivity index (χ1v) is 10.1. The zero-order valence-corrected chi connectivity index (χ0v) is 17.6. The van der Waals surface area contributed by atoms with E-state index in [1.54, 1.807) is 4.68 Å². The lowest BCUT2D eigenvalue weighted by Crippen LogP contribution is -2.44. The van der Waals surface area contributed by atoms with Crippen molar-refractivity contribution in [2.45, 2.75) is 6.42 Å². The summed E-state index contributed by atoms with van der Waals surface area (Å²) in [5.74, 6) is 0.606. The number of amides is 1. The van der Waals surface area contributed by atoms with E-state index in [0.29, 0.717) is 12.4 Å². The fraction of sp³-hybridized carbons (Fsp3) is 0.318. The minimum Gasteiger partial charge on any atom is -0.349 e. The molecule has 1 fully saturated rings. The van der Waals surface area contributed by atoms with Crippen LogP contribution < -0.4 is 10.6 Å². The predicted octanol–water partition coefficient (Wildman–Crippen LogP) is 2.38. The number of nitrogens with one attached hydrogen (secondary N) is 2. The Bertz CT molecular complexity index is 868. The third-order valence-corrected chi connectivity index (χ3v) is 4.99. The molecule has 0 aliphatic carbocycles. The molecule has 1 aliphatic rings. The van der Waals surface area contributed by atoms with E-state index in [9.17, 15) is 4.79 Å². The summed E-state index contributed by atoms with van der Waals surface area (Å²) in [6.45, 7) is 5.81. The molecule has 2 aromatic carbocycles. The maximum absolute atomic E-state index is 12.7. The Hall–Kier alpha value is -2.74. The quantitative estimate of drug-likeness (QED) is 0.567. The van der Waals surface area contributed by atoms with Gasteiger partial charge in [-0.1, -0.05) is 48.5 Å². The van der Waals surface area contributed by atoms with Crippen molar-refractivity contribution in [3.63, 3.8) is 0 Å². The second kappa shape index (κ2) is 10.9. The van der Waals surface area contributed by atoms with Crippen molar-refractivity contribution in [2.24, 2.45) is 0 Å². The molecule has 2 heterocycles. The molecular formula is C22H27ClN6O. The van der Waals surface area contributed by atoms with Crippen LogP contribution in [0.5, 0.6) is 0 Å². The highest BCUT2D eigenvalue weighted by Crippen LogP contribution is 2.20. The van der Waals surface area contributed by atoms with E-state index in [0.717, 1.165) is 50.4 Å². The third-order valence-electron chi connectivity index (χ3n) is 4.99. The Morgan fingerprint density at radius 1 is 1.00 bits per heavy atom. The summed E-state index contributed by atoms with van der Waals surface area (Å²) in [5.41, 5.74) is 1.79. The van der Waals surface area contributed by atoms with Crippen LogP contribution in [-0.4, -0.2) is 64.8 Å². The van der Waals surface area contributed by atoms with E-state index >= 15 is 0 Å². The number of benzene rings is 2. The molecule has 1 saturated heterocycles. The van der Waals surface area contributed by atoms with Gasteiger partial charge in [0, 0.05) is 38.3 Å². The van der Waals surface area contributed by atoms with Crippen LogP contribution in [0.25, 0.3) is 17.1 Å². The highest BCUT2D eigenvalue weighted by atomic mass is 35.5. The van der Waals surface area contributed by atoms with Gasteiger partial charge in [0.25, 0.3) is 5.91 Å². The molecule has 1 aliphatic heterocycles. The summed E-state index contributed by atoms with van der Waals surface area (Å²) < 4.78 is 1.73. The van der Waals surface area contributed by atoms with E-state index < -0.39 is 0 Å². The zero-order chi connectivity index (χ0) is 19.9. The Balaban J connectivity index is 0.00000256. The second-order valence-electron chi connectivity index (χ2n) is 7.07. The second-order valence-corrected chi connectivity index (χ2v) is 7.07. The lowest BCUT2D eigenvalue weighted by atomic mass is 10.2. The summed E-state index contributed by atoms with van der Waals surface area (Å²) in [5, 5.41) is 10.8. The average molecular weight is 427 g/mol. The van der Waals surface area contributed by atoms with Gasteiger partial charge in [-0.2, -0.15) is 0 Å². The molecular weight excluding hydrogens is 400 g/mol. The summed E-state index contributed by atoms with van der Waals surface area (Å²) in [6.07, 6.45) is 0.913. The van der Waals surface area contributed by atoms with E-state index in [-0.39, 0.29) is 24.1 Å². The summed E-state index contributed by atoms with van der Waals surface area (Å²) >= 11 is 0. The number of piperazine rings is 1. The average Bonchev–Trinajstić information content (AvgIpc) is 3.24. The Morgan fingerprint density at radius 3 is 2.37 bits per heavy atom. The third kappa shape index (κ3) is 5.44. The van der Waals surface area contributed by atoms with Crippen LogP contribution in [0.3, 0.4) is 0 Å². The van der Waals surface area contributed by atoms with Crippen molar-refractivity contribution in [2.75, 3.05) is 39.3 Å². The van der Waals surface area contributed by atoms with Crippen molar-refractivity contribution in [3.05, 3.63) is 66.5 Å². The number of hydrogen-bond acceptors (Lipinski definition) is 5. The molecule has 1 aromatic heterocycles. The molecule has 3 aromatic rings. The van der Waals surface area contributed by atoms with Gasteiger partial charge in [0.15, 0.2) is 5.82 Å². The van der Waals surface area contributed by atoms with Gasteiger partial charge in [0.2, 0.25) is 5.82 Å². The number of carbonyl (C=O) groups is 1. The molecule has 0 saturated carbocycles. The number of hydrogen-bond donors (Lipinski definition) is 2. The first kappa shape index (κ1) is 22.0. The summed E-state index contributed by atoms with van der Waals surface area (Å²) in [6, 6.07) is 19.6. The standard InChI is InChI=1S/C22H26N6O.ClH/c29-22(24-12-7-15-27-16-13-23-14-17-27)20-25-21(18-8-3-1-4-9-18)28(26-20)19-10-5-2-6-11-19;/h1-6,8-11,23H,7,12-17H2,(H,24,29);1H. The number of rotatable bonds is 7. The van der Waals surface area contributed by atoms with Gasteiger partial charge in [0.1, 0.15) is 0 Å². The van der Waals surface area contributed by atoms with E-state index in [1.807, 2.05) is 60.7 Å². The van der Waals surface area contributed by atoms with Gasteiger partial charge in [-0.05, 0) is 25.1 Å². The summed E-state index contributed by atoms with van der Waals surface area (Å²) in [7, 11) is 0. The van der Waals surface area contributed by atoms with E-state index in [1.165, 1.54) is 0 Å². The van der Waals surface area contributed by atoms with Gasteiger partial charge in [-0.3, -0.25) is 4.79 Å². The van der Waals surface area contributed by atoms with Crippen molar-refractivity contribution >= 4 is 18.3 Å². The van der Waals surface area contributed by atoms with Crippen molar-refractivity contribution < 1.29 is 4.79 Å². The number of para-hydroxylation sites is 1. The van der Waals surface area contributed by atoms with E-state index in [2.05, 4.69) is 25.6 Å². The smallest absolute Gasteiger partial charge is 0.290 e. The fourth-order valence-corrected chi connectivity index (χ4v) is 3.45. The maximum Gasteiger partial charge on any atom is 0.290 e. The molecule has 8 heteroatoms. The lowest BCUT2D eigenvalue weighted by Gasteiger charge is -2.26. The Labute approximate surface area is 182 Å². The SMILES string of the molecule is Cl.O=C(NCCCN1CCNCC1)c1nc(-c2ccccc2)n(-c2ccccc2)n1. The molecule has 2 N–H and O–H groups in total. The maximum atomic E-state index is 12.7. The number of nitrogens with zero attached hydrogens (tertiary/aromatic N) is 4. The molecule has 4 rings (SSSR count). The van der Waals surface area contributed by atoms with Crippen LogP contribution in [0.2, 0.25) is 0 Å². The van der Waals surface area contributed by atoms with Crippen LogP contribution in [-0.2, 0) is 0 Å². The highest BCUT2D eigenvalue weighted by Gasteiger charge is 2.18. The highest BCUT2D eigenvalue weighted by molar-refractivity contribution is 5.91. The van der Waals surface area contributed by atoms with Crippen LogP contribution in [0.1, 0.15) is 17.0 Å². The zero-order valence-electron chi connectivity index (χ0n) is 16.8. The van der Waals surface area contributed by atoms with Crippen LogP contribution in [0.4, 0.5) is 0 Å². The van der Waals surface area contributed by atoms with Crippen LogP contribution in [0, 0.1) is 0 Å². The molecule has 0 atom stereocenters. The van der Waals surface area contributed by atoms with E-state index in [4.69, 9.17) is 0 Å². The Kier molecular flexibility index (Phi) is 7.96. The van der Waals surface area contributed by atoms with Gasteiger partial charge in [-0.15, -0.1) is 17.5 Å². The molecule has 0 radical (unpaired) electrons. The number of carbonyl (C=O) groups excluding carboxylic acids is 1. The molecule has 1 amide bonds. The Morgan fingerprint density at radius 2 is 1.67 bits per heavy atom. The molecule has 0 bridgehead atoms. The first-order chi connectivity index (χ1) is 14.3. The van der Waals surface area contributed by atoms with Crippen LogP contribution >= 0.6 is 12.4 Å². The molecule has 7 nitrogen and oxygen atoms in total. The van der Waals surface area contributed by atoms with Gasteiger partial charge < -0.3 is 15.5 Å². The number of halogens is 1. The predicted molar refractivity (Wildman–Crippen MR) is 120 cm³/mol. The van der Waals surface area contributed by atoms with Crippen molar-refractivity contribution in [3.8, 4) is 17.1 Å². The van der Waals surface area contributed by atoms with Crippen molar-refractivity contribution in [1.29, 1.82) is 0 Å². The molecule has 30 heavy (non-hydrogen) atoms. The minimum absolute atomic E-state index is 0. The lowest BCUT2D eigenvalue weighted by molar-refractivity contribution is 0.0941. The topological polar surface area (TPSA) is 75.1 Å². The van der Waals surface area contributed by atoms with Gasteiger partial charge >= 0.3 is 0 Å². The molecule has 0 unspecified atom stereocenters. The van der Waals surface area contributed by atoms with Crippen LogP contribution in [0.15, 0.2) is 60.7 Å². The monoisotopic (exact) mass is 426 g/mol. The molecule has 158 valence electrons. The summed E-state index contributed by atoms with van der Waals surface area (Å²) in [4.78, 5) is 19.6. The van der Waals surface area contributed by atoms with Gasteiger partial charge in [0.05, 0.1) is 5.69 Å². The first-order valence-electron chi connectivity index (χ1n) is 10.1. The molecule has 0 spiro atoms. The largest absolute Gasteiger partial charge is 0.349 e.